The van der Waals surface area contributed by atoms with Crippen LogP contribution in [0.3, 0.4) is 0 Å². The molecular weight excluding hydrogens is 356 g/mol. The maximum atomic E-state index is 12.6. The largest absolute Gasteiger partial charge is 0.348 e. The van der Waals surface area contributed by atoms with Gasteiger partial charge in [-0.15, -0.1) is 0 Å². The van der Waals surface area contributed by atoms with Crippen LogP contribution in [0.2, 0.25) is 0 Å². The minimum absolute atomic E-state index is 0.110. The summed E-state index contributed by atoms with van der Waals surface area (Å²) in [6, 6.07) is 9.81. The molecule has 142 valence electrons. The molecule has 0 atom stereocenters. The molecule has 8 nitrogen and oxygen atoms in total. The van der Waals surface area contributed by atoms with Gasteiger partial charge >= 0.3 is 0 Å². The van der Waals surface area contributed by atoms with Crippen molar-refractivity contribution < 1.29 is 4.79 Å². The summed E-state index contributed by atoms with van der Waals surface area (Å²) in [5, 5.41) is 11.5. The third-order valence-corrected chi connectivity index (χ3v) is 4.68. The number of pyridine rings is 1. The number of amides is 1. The number of aryl methyl sites for hydroxylation is 2. The van der Waals surface area contributed by atoms with Crippen molar-refractivity contribution in [2.24, 2.45) is 14.1 Å². The smallest absolute Gasteiger partial charge is 0.257 e. The van der Waals surface area contributed by atoms with Gasteiger partial charge in [0.25, 0.3) is 5.91 Å². The highest BCUT2D eigenvalue weighted by Gasteiger charge is 2.16. The highest BCUT2D eigenvalue weighted by molar-refractivity contribution is 5.96. The normalized spacial score (nSPS) is 11.1. The number of aromatic nitrogens is 5. The van der Waals surface area contributed by atoms with E-state index < -0.39 is 5.91 Å². The summed E-state index contributed by atoms with van der Waals surface area (Å²) in [5.41, 5.74) is 2.55. The van der Waals surface area contributed by atoms with Crippen LogP contribution >= 0.6 is 0 Å². The Morgan fingerprint density at radius 2 is 1.86 bits per heavy atom. The molecule has 1 amide bonds. The zero-order valence-electron chi connectivity index (χ0n) is 15.7. The Morgan fingerprint density at radius 3 is 2.57 bits per heavy atom. The number of hydrogen-bond donors (Lipinski definition) is 1. The molecule has 3 heterocycles. The summed E-state index contributed by atoms with van der Waals surface area (Å²) >= 11 is 0. The third-order valence-electron chi connectivity index (χ3n) is 4.68. The molecule has 0 aliphatic heterocycles. The van der Waals surface area contributed by atoms with Crippen molar-refractivity contribution in [1.82, 2.24) is 29.4 Å². The predicted molar refractivity (Wildman–Crippen MR) is 105 cm³/mol. The van der Waals surface area contributed by atoms with E-state index in [-0.39, 0.29) is 11.0 Å². The molecule has 0 saturated heterocycles. The Hall–Kier alpha value is -3.68. The SMILES string of the molecule is Cn1cc(C(=O)NCc2ccc(Cn3cccn3)cc2)c(=O)c2cnn(C)c21. The summed E-state index contributed by atoms with van der Waals surface area (Å²) in [7, 11) is 3.55. The van der Waals surface area contributed by atoms with Crippen LogP contribution in [0.4, 0.5) is 0 Å². The summed E-state index contributed by atoms with van der Waals surface area (Å²) in [5.74, 6) is -0.396. The number of nitrogens with one attached hydrogen (secondary N) is 1. The minimum Gasteiger partial charge on any atom is -0.348 e. The Bertz CT molecular complexity index is 1190. The lowest BCUT2D eigenvalue weighted by atomic mass is 10.1. The molecule has 3 aromatic heterocycles. The van der Waals surface area contributed by atoms with E-state index in [1.807, 2.05) is 41.2 Å². The van der Waals surface area contributed by atoms with Crippen molar-refractivity contribution in [3.8, 4) is 0 Å². The number of hydrogen-bond acceptors (Lipinski definition) is 4. The van der Waals surface area contributed by atoms with Crippen LogP contribution in [-0.2, 0) is 27.2 Å². The maximum absolute atomic E-state index is 12.6. The number of nitrogens with zero attached hydrogens (tertiary/aromatic N) is 5. The monoisotopic (exact) mass is 376 g/mol. The number of fused-ring (bicyclic) bond motifs is 1. The lowest BCUT2D eigenvalue weighted by Gasteiger charge is -2.09. The van der Waals surface area contributed by atoms with Gasteiger partial charge in [-0.05, 0) is 17.2 Å². The lowest BCUT2D eigenvalue weighted by molar-refractivity contribution is 0.0949. The molecule has 8 heteroatoms. The van der Waals surface area contributed by atoms with Crippen molar-refractivity contribution in [1.29, 1.82) is 0 Å². The van der Waals surface area contributed by atoms with Crippen LogP contribution in [0.25, 0.3) is 11.0 Å². The van der Waals surface area contributed by atoms with Crippen molar-refractivity contribution in [2.45, 2.75) is 13.1 Å². The zero-order valence-corrected chi connectivity index (χ0v) is 15.7. The molecule has 0 radical (unpaired) electrons. The standard InChI is InChI=1S/C20H20N6O2/c1-24-13-17(18(27)16-11-23-25(2)20(16)24)19(28)21-10-14-4-6-15(7-5-14)12-26-9-3-8-22-26/h3-9,11,13H,10,12H2,1-2H3,(H,21,28). The average Bonchev–Trinajstić information content (AvgIpc) is 3.34. The Labute approximate surface area is 161 Å². The molecule has 0 aliphatic carbocycles. The molecule has 28 heavy (non-hydrogen) atoms. The van der Waals surface area contributed by atoms with Crippen molar-refractivity contribution >= 4 is 16.9 Å². The van der Waals surface area contributed by atoms with Crippen molar-refractivity contribution in [3.05, 3.63) is 82.0 Å². The lowest BCUT2D eigenvalue weighted by Crippen LogP contribution is -2.29. The van der Waals surface area contributed by atoms with E-state index in [4.69, 9.17) is 0 Å². The molecule has 0 fully saturated rings. The van der Waals surface area contributed by atoms with E-state index in [2.05, 4.69) is 15.5 Å². The molecule has 0 aliphatic rings. The first-order valence-corrected chi connectivity index (χ1v) is 8.87. The second-order valence-corrected chi connectivity index (χ2v) is 6.69. The molecule has 4 aromatic rings. The van der Waals surface area contributed by atoms with Crippen LogP contribution in [0.15, 0.2) is 59.9 Å². The van der Waals surface area contributed by atoms with Gasteiger partial charge in [-0.2, -0.15) is 10.2 Å². The predicted octanol–water partition coefficient (Wildman–Crippen LogP) is 1.45. The van der Waals surface area contributed by atoms with Gasteiger partial charge in [-0.1, -0.05) is 24.3 Å². The quantitative estimate of drug-likeness (QED) is 0.571. The Kier molecular flexibility index (Phi) is 4.52. The summed E-state index contributed by atoms with van der Waals surface area (Å²) < 4.78 is 5.20. The number of carbonyl (C=O) groups excluding carboxylic acids is 1. The average molecular weight is 376 g/mol. The second-order valence-electron chi connectivity index (χ2n) is 6.69. The van der Waals surface area contributed by atoms with Crippen LogP contribution in [0.1, 0.15) is 21.5 Å². The van der Waals surface area contributed by atoms with Crippen molar-refractivity contribution in [2.75, 3.05) is 0 Å². The highest BCUT2D eigenvalue weighted by Crippen LogP contribution is 2.10. The topological polar surface area (TPSA) is 86.7 Å². The number of benzene rings is 1. The summed E-state index contributed by atoms with van der Waals surface area (Å²) in [6.07, 6.45) is 6.70. The number of rotatable bonds is 5. The van der Waals surface area contributed by atoms with Crippen LogP contribution in [0, 0.1) is 0 Å². The summed E-state index contributed by atoms with van der Waals surface area (Å²) in [4.78, 5) is 25.2. The fraction of sp³-hybridized carbons (Fsp3) is 0.200. The van der Waals surface area contributed by atoms with Gasteiger partial charge < -0.3 is 9.88 Å². The minimum atomic E-state index is -0.396. The van der Waals surface area contributed by atoms with E-state index in [1.54, 1.807) is 35.7 Å². The fourth-order valence-corrected chi connectivity index (χ4v) is 3.25. The van der Waals surface area contributed by atoms with E-state index in [0.717, 1.165) is 11.1 Å². The van der Waals surface area contributed by atoms with Gasteiger partial charge in [-0.3, -0.25) is 19.0 Å². The molecule has 4 rings (SSSR count). The first-order valence-electron chi connectivity index (χ1n) is 8.87. The Morgan fingerprint density at radius 1 is 1.11 bits per heavy atom. The van der Waals surface area contributed by atoms with Gasteiger partial charge in [0, 0.05) is 39.2 Å². The van der Waals surface area contributed by atoms with E-state index in [9.17, 15) is 9.59 Å². The van der Waals surface area contributed by atoms with E-state index in [1.165, 1.54) is 6.20 Å². The maximum Gasteiger partial charge on any atom is 0.257 e. The van der Waals surface area contributed by atoms with E-state index >= 15 is 0 Å². The molecule has 0 bridgehead atoms. The van der Waals surface area contributed by atoms with Gasteiger partial charge in [0.1, 0.15) is 11.2 Å². The molecule has 1 N–H and O–H groups in total. The van der Waals surface area contributed by atoms with Crippen molar-refractivity contribution in [3.63, 3.8) is 0 Å². The second kappa shape index (κ2) is 7.15. The molecular formula is C20H20N6O2. The first-order chi connectivity index (χ1) is 13.5. The van der Waals surface area contributed by atoms with E-state index in [0.29, 0.717) is 24.1 Å². The fourth-order valence-electron chi connectivity index (χ4n) is 3.25. The van der Waals surface area contributed by atoms with Crippen LogP contribution in [-0.4, -0.2) is 30.0 Å². The van der Waals surface area contributed by atoms with Gasteiger partial charge in [0.05, 0.1) is 18.1 Å². The Balaban J connectivity index is 1.46. The van der Waals surface area contributed by atoms with Crippen LogP contribution < -0.4 is 10.7 Å². The zero-order chi connectivity index (χ0) is 19.7. The van der Waals surface area contributed by atoms with Gasteiger partial charge in [-0.25, -0.2) is 0 Å². The molecule has 0 saturated carbocycles. The molecule has 0 unspecified atom stereocenters. The van der Waals surface area contributed by atoms with Gasteiger partial charge in [0.2, 0.25) is 5.43 Å². The molecule has 1 aromatic carbocycles. The first kappa shape index (κ1) is 17.7. The van der Waals surface area contributed by atoms with Crippen LogP contribution in [0.5, 0.6) is 0 Å². The molecule has 0 spiro atoms. The summed E-state index contributed by atoms with van der Waals surface area (Å²) in [6.45, 7) is 1.04. The number of carbonyl (C=O) groups is 1. The van der Waals surface area contributed by atoms with Gasteiger partial charge in [0.15, 0.2) is 0 Å². The highest BCUT2D eigenvalue weighted by atomic mass is 16.2. The third kappa shape index (κ3) is 3.32.